The average Bonchev–Trinajstić information content (AvgIpc) is 2.96. The van der Waals surface area contributed by atoms with Gasteiger partial charge in [-0.25, -0.2) is 34.2 Å². The molecular formula is C15H14N4O2. The molecule has 0 unspecified atom stereocenters. The summed E-state index contributed by atoms with van der Waals surface area (Å²) in [4.78, 5) is 23.6. The van der Waals surface area contributed by atoms with Crippen LogP contribution in [0.3, 0.4) is 0 Å². The molecule has 106 valence electrons. The van der Waals surface area contributed by atoms with Crippen molar-refractivity contribution in [3.63, 3.8) is 0 Å². The van der Waals surface area contributed by atoms with E-state index in [0.717, 1.165) is 5.56 Å². The summed E-state index contributed by atoms with van der Waals surface area (Å²) in [5.41, 5.74) is 1.66. The van der Waals surface area contributed by atoms with Gasteiger partial charge < -0.3 is 9.68 Å². The van der Waals surface area contributed by atoms with Gasteiger partial charge in [0.25, 0.3) is 0 Å². The van der Waals surface area contributed by atoms with E-state index < -0.39 is 0 Å². The summed E-state index contributed by atoms with van der Waals surface area (Å²) in [5.74, 6) is -0.283. The Labute approximate surface area is 124 Å². The van der Waals surface area contributed by atoms with Crippen molar-refractivity contribution in [1.82, 2.24) is 0 Å². The molecule has 0 aliphatic carbocycles. The quantitative estimate of drug-likeness (QED) is 0.587. The van der Waals surface area contributed by atoms with Crippen LogP contribution in [0.4, 0.5) is 0 Å². The Morgan fingerprint density at radius 1 is 1.14 bits per heavy atom. The molecule has 1 aliphatic heterocycles. The predicted molar refractivity (Wildman–Crippen MR) is 78.9 cm³/mol. The molecule has 0 spiro atoms. The Morgan fingerprint density at radius 2 is 1.71 bits per heavy atom. The van der Waals surface area contributed by atoms with E-state index in [9.17, 15) is 4.79 Å². The maximum absolute atomic E-state index is 10.7. The molecule has 1 aliphatic rings. The second-order valence-corrected chi connectivity index (χ2v) is 3.48. The van der Waals surface area contributed by atoms with E-state index in [4.69, 9.17) is 19.7 Å². The summed E-state index contributed by atoms with van der Waals surface area (Å²) >= 11 is 0. The van der Waals surface area contributed by atoms with Gasteiger partial charge in [-0.15, -0.1) is 0 Å². The summed E-state index contributed by atoms with van der Waals surface area (Å²) in [5, 5.41) is 3.65. The van der Waals surface area contributed by atoms with Crippen molar-refractivity contribution >= 4 is 11.7 Å². The van der Waals surface area contributed by atoms with Gasteiger partial charge in [0.15, 0.2) is 0 Å². The first-order chi connectivity index (χ1) is 10.2. The molecule has 0 aromatic heterocycles. The SMILES string of the molecule is O=C1CC(c2ccccc2)=NO1.[C-]#[N+]CC.[C-]#[N+]C[N+]#[C-]. The van der Waals surface area contributed by atoms with Crippen LogP contribution in [0.2, 0.25) is 0 Å². The fourth-order valence-corrected chi connectivity index (χ4v) is 1.13. The minimum atomic E-state index is -0.283. The van der Waals surface area contributed by atoms with Gasteiger partial charge in [-0.2, -0.15) is 0 Å². The number of oxime groups is 1. The van der Waals surface area contributed by atoms with Crippen molar-refractivity contribution in [2.24, 2.45) is 5.16 Å². The molecule has 6 heteroatoms. The molecule has 0 atom stereocenters. The lowest BCUT2D eigenvalue weighted by Gasteiger charge is -1.93. The third-order valence-electron chi connectivity index (χ3n) is 1.98. The van der Waals surface area contributed by atoms with Crippen LogP contribution in [0.25, 0.3) is 14.5 Å². The topological polar surface area (TPSA) is 51.7 Å². The predicted octanol–water partition coefficient (Wildman–Crippen LogP) is 3.05. The summed E-state index contributed by atoms with van der Waals surface area (Å²) in [7, 11) is 0. The lowest BCUT2D eigenvalue weighted by atomic mass is 10.1. The molecule has 2 rings (SSSR count). The van der Waals surface area contributed by atoms with Crippen LogP contribution in [0.5, 0.6) is 0 Å². The number of carbonyl (C=O) groups excluding carboxylic acids is 1. The largest absolute Gasteiger partial charge is 0.466 e. The summed E-state index contributed by atoms with van der Waals surface area (Å²) in [6, 6.07) is 9.53. The molecular weight excluding hydrogens is 268 g/mol. The Hall–Kier alpha value is -3.17. The lowest BCUT2D eigenvalue weighted by Crippen LogP contribution is -1.99. The first-order valence-electron chi connectivity index (χ1n) is 6.01. The molecule has 0 radical (unpaired) electrons. The minimum absolute atomic E-state index is 0.0278. The zero-order valence-corrected chi connectivity index (χ0v) is 11.6. The van der Waals surface area contributed by atoms with Crippen molar-refractivity contribution in [1.29, 1.82) is 0 Å². The van der Waals surface area contributed by atoms with Crippen LogP contribution in [0.1, 0.15) is 18.9 Å². The van der Waals surface area contributed by atoms with Crippen LogP contribution in [0.15, 0.2) is 35.5 Å². The average molecular weight is 282 g/mol. The Morgan fingerprint density at radius 3 is 2.05 bits per heavy atom. The Kier molecular flexibility index (Phi) is 10.1. The second kappa shape index (κ2) is 11.9. The Bertz CT molecular complexity index is 577. The first-order valence-corrected chi connectivity index (χ1v) is 6.01. The fraction of sp³-hybridized carbons (Fsp3) is 0.267. The molecule has 1 aromatic rings. The van der Waals surface area contributed by atoms with Gasteiger partial charge in [0, 0.05) is 6.92 Å². The van der Waals surface area contributed by atoms with Crippen molar-refractivity contribution in [2.45, 2.75) is 13.3 Å². The maximum atomic E-state index is 10.7. The fourth-order valence-electron chi connectivity index (χ4n) is 1.13. The third-order valence-corrected chi connectivity index (χ3v) is 1.98. The molecule has 21 heavy (non-hydrogen) atoms. The normalized spacial score (nSPS) is 11.0. The van der Waals surface area contributed by atoms with Gasteiger partial charge in [-0.05, 0) is 5.56 Å². The van der Waals surface area contributed by atoms with E-state index in [1.165, 1.54) is 0 Å². The summed E-state index contributed by atoms with van der Waals surface area (Å²) in [6.45, 7) is 20.5. The standard InChI is InChI=1S/C9H7NO2.C3H2N2.C3H5N/c11-9-6-8(10-12-9)7-4-2-1-3-5-7;1-4-3-5-2;1-3-4-2/h1-5H,6H2;3H2;3H2,1H3. The zero-order chi connectivity index (χ0) is 15.9. The van der Waals surface area contributed by atoms with Crippen LogP contribution >= 0.6 is 0 Å². The van der Waals surface area contributed by atoms with Gasteiger partial charge >= 0.3 is 12.6 Å². The maximum Gasteiger partial charge on any atom is 0.466 e. The van der Waals surface area contributed by atoms with Gasteiger partial charge in [-0.1, -0.05) is 35.5 Å². The highest BCUT2D eigenvalue weighted by Gasteiger charge is 2.18. The minimum Gasteiger partial charge on any atom is -0.318 e. The van der Waals surface area contributed by atoms with E-state index in [1.807, 2.05) is 37.3 Å². The highest BCUT2D eigenvalue weighted by atomic mass is 16.7. The second-order valence-electron chi connectivity index (χ2n) is 3.48. The van der Waals surface area contributed by atoms with E-state index in [1.54, 1.807) is 0 Å². The Balaban J connectivity index is 0.000000374. The zero-order valence-electron chi connectivity index (χ0n) is 11.6. The molecule has 0 amide bonds. The van der Waals surface area contributed by atoms with Gasteiger partial charge in [0.2, 0.25) is 6.54 Å². The van der Waals surface area contributed by atoms with E-state index in [0.29, 0.717) is 12.3 Å². The molecule has 0 saturated carbocycles. The molecule has 0 bridgehead atoms. The van der Waals surface area contributed by atoms with Gasteiger partial charge in [0.1, 0.15) is 0 Å². The molecule has 1 heterocycles. The number of hydrogen-bond donors (Lipinski definition) is 0. The molecule has 1 aromatic carbocycles. The van der Waals surface area contributed by atoms with Crippen molar-refractivity contribution < 1.29 is 9.63 Å². The number of hydrogen-bond acceptors (Lipinski definition) is 3. The first kappa shape index (κ1) is 17.8. The monoisotopic (exact) mass is 282 g/mol. The number of carbonyl (C=O) groups is 1. The number of benzene rings is 1. The van der Waals surface area contributed by atoms with Crippen LogP contribution in [-0.2, 0) is 9.63 Å². The highest BCUT2D eigenvalue weighted by molar-refractivity contribution is 6.11. The molecule has 0 fully saturated rings. The molecule has 0 saturated heterocycles. The van der Waals surface area contributed by atoms with E-state index in [-0.39, 0.29) is 19.1 Å². The molecule has 0 N–H and O–H groups in total. The van der Waals surface area contributed by atoms with Crippen molar-refractivity contribution in [3.8, 4) is 0 Å². The van der Waals surface area contributed by atoms with Crippen LogP contribution in [0, 0.1) is 19.7 Å². The van der Waals surface area contributed by atoms with Gasteiger partial charge in [-0.3, -0.25) is 0 Å². The smallest absolute Gasteiger partial charge is 0.318 e. The van der Waals surface area contributed by atoms with Crippen LogP contribution < -0.4 is 0 Å². The summed E-state index contributed by atoms with van der Waals surface area (Å²) in [6.07, 6.45) is 0.282. The van der Waals surface area contributed by atoms with Crippen molar-refractivity contribution in [3.05, 3.63) is 70.1 Å². The van der Waals surface area contributed by atoms with Crippen LogP contribution in [-0.4, -0.2) is 24.9 Å². The third kappa shape index (κ3) is 8.53. The number of nitrogens with zero attached hydrogens (tertiary/aromatic N) is 4. The number of rotatable bonds is 1. The highest BCUT2D eigenvalue weighted by Crippen LogP contribution is 2.10. The summed E-state index contributed by atoms with van der Waals surface area (Å²) < 4.78 is 0. The van der Waals surface area contributed by atoms with Gasteiger partial charge in [0.05, 0.1) is 12.1 Å². The van der Waals surface area contributed by atoms with E-state index >= 15 is 0 Å². The van der Waals surface area contributed by atoms with E-state index in [2.05, 4.69) is 24.5 Å². The lowest BCUT2D eigenvalue weighted by molar-refractivity contribution is -0.140. The molecule has 6 nitrogen and oxygen atoms in total. The van der Waals surface area contributed by atoms with Crippen molar-refractivity contribution in [2.75, 3.05) is 13.2 Å².